The molecule has 2 aromatic rings. The quantitative estimate of drug-likeness (QED) is 0.476. The van der Waals surface area contributed by atoms with E-state index in [2.05, 4.69) is 27.6 Å². The molecule has 8 heteroatoms. The smallest absolute Gasteiger partial charge is 0.184 e. The average Bonchev–Trinajstić information content (AvgIpc) is 2.62. The molecule has 5 nitrogen and oxygen atoms in total. The van der Waals surface area contributed by atoms with Crippen molar-refractivity contribution in [2.75, 3.05) is 36.0 Å². The highest BCUT2D eigenvalue weighted by Gasteiger charge is 2.20. The van der Waals surface area contributed by atoms with Gasteiger partial charge in [-0.3, -0.25) is 5.43 Å². The molecule has 0 saturated carbocycles. The molecule has 1 saturated heterocycles. The minimum atomic E-state index is -0.282. The third-order valence-electron chi connectivity index (χ3n) is 4.17. The zero-order chi connectivity index (χ0) is 18.5. The molecular weight excluding hydrogens is 373 g/mol. The van der Waals surface area contributed by atoms with Gasteiger partial charge in [0.15, 0.2) is 5.11 Å². The van der Waals surface area contributed by atoms with Crippen LogP contribution in [0.25, 0.3) is 0 Å². The maximum atomic E-state index is 14.5. The molecule has 0 bridgehead atoms. The highest BCUT2D eigenvalue weighted by atomic mass is 35.5. The van der Waals surface area contributed by atoms with Gasteiger partial charge in [-0.15, -0.1) is 0 Å². The van der Waals surface area contributed by atoms with Gasteiger partial charge in [-0.25, -0.2) is 4.39 Å². The van der Waals surface area contributed by atoms with Gasteiger partial charge in [0, 0.05) is 26.2 Å². The molecule has 1 aliphatic rings. The number of nitrogens with zero attached hydrogens (tertiary/aromatic N) is 3. The van der Waals surface area contributed by atoms with E-state index in [4.69, 9.17) is 17.3 Å². The number of thiocarbonyl (C=S) groups is 1. The molecule has 3 rings (SSSR count). The predicted octanol–water partition coefficient (Wildman–Crippen LogP) is 2.97. The van der Waals surface area contributed by atoms with E-state index in [9.17, 15) is 4.39 Å². The molecular formula is C18H19ClFN5S. The van der Waals surface area contributed by atoms with Crippen LogP contribution in [0.3, 0.4) is 0 Å². The second kappa shape index (κ2) is 8.33. The number of nitrogens with one attached hydrogen (secondary N) is 1. The number of hydrogen-bond donors (Lipinski definition) is 2. The normalized spacial score (nSPS) is 14.7. The summed E-state index contributed by atoms with van der Waals surface area (Å²) < 4.78 is 14.5. The molecule has 1 fully saturated rings. The first-order chi connectivity index (χ1) is 12.5. The number of nitrogens with two attached hydrogens (primary N) is 1. The van der Waals surface area contributed by atoms with Gasteiger partial charge in [0.2, 0.25) is 0 Å². The van der Waals surface area contributed by atoms with Gasteiger partial charge < -0.3 is 15.5 Å². The Hall–Kier alpha value is -2.38. The number of piperazine rings is 1. The number of anilines is 2. The largest absolute Gasteiger partial charge is 0.375 e. The lowest BCUT2D eigenvalue weighted by atomic mass is 10.1. The van der Waals surface area contributed by atoms with Crippen LogP contribution in [-0.2, 0) is 0 Å². The summed E-state index contributed by atoms with van der Waals surface area (Å²) in [7, 11) is 0. The Morgan fingerprint density at radius 1 is 1.12 bits per heavy atom. The molecule has 26 heavy (non-hydrogen) atoms. The average molecular weight is 392 g/mol. The number of benzene rings is 2. The Labute approximate surface area is 162 Å². The fourth-order valence-corrected chi connectivity index (χ4v) is 3.23. The molecule has 0 radical (unpaired) electrons. The number of hydrogen-bond acceptors (Lipinski definition) is 4. The van der Waals surface area contributed by atoms with Crippen LogP contribution in [-0.4, -0.2) is 37.5 Å². The van der Waals surface area contributed by atoms with E-state index in [1.807, 2.05) is 35.2 Å². The molecule has 1 aliphatic heterocycles. The van der Waals surface area contributed by atoms with Gasteiger partial charge in [-0.1, -0.05) is 29.8 Å². The lowest BCUT2D eigenvalue weighted by molar-refractivity contribution is 0.598. The summed E-state index contributed by atoms with van der Waals surface area (Å²) >= 11 is 10.9. The monoisotopic (exact) mass is 391 g/mol. The molecule has 2 aromatic carbocycles. The van der Waals surface area contributed by atoms with Crippen molar-refractivity contribution >= 4 is 46.5 Å². The van der Waals surface area contributed by atoms with E-state index in [1.54, 1.807) is 6.07 Å². The van der Waals surface area contributed by atoms with Crippen molar-refractivity contribution in [3.8, 4) is 0 Å². The van der Waals surface area contributed by atoms with Gasteiger partial charge in [-0.05, 0) is 42.0 Å². The Balaban J connectivity index is 1.65. The zero-order valence-corrected chi connectivity index (χ0v) is 15.6. The number of para-hydroxylation sites is 1. The number of hydrazone groups is 1. The van der Waals surface area contributed by atoms with Crippen molar-refractivity contribution in [3.63, 3.8) is 0 Å². The van der Waals surface area contributed by atoms with Gasteiger partial charge in [0.1, 0.15) is 5.82 Å². The van der Waals surface area contributed by atoms with Gasteiger partial charge in [0.05, 0.1) is 22.6 Å². The minimum absolute atomic E-state index is 0.0646. The fourth-order valence-electron chi connectivity index (χ4n) is 2.93. The van der Waals surface area contributed by atoms with Crippen molar-refractivity contribution in [3.05, 3.63) is 58.9 Å². The van der Waals surface area contributed by atoms with E-state index >= 15 is 0 Å². The molecule has 0 amide bonds. The first-order valence-corrected chi connectivity index (χ1v) is 8.95. The predicted molar refractivity (Wildman–Crippen MR) is 110 cm³/mol. The van der Waals surface area contributed by atoms with Crippen LogP contribution in [0.15, 0.2) is 47.6 Å². The standard InChI is InChI=1S/C18H19ClFN5S/c19-14-3-1-2-4-16(14)24-7-9-25(10-8-24)17-6-5-13(11-15(17)20)12-22-23-18(21)26/h1-6,11-12H,7-10H2,(H3,21,23,26). The number of halogens is 2. The van der Waals surface area contributed by atoms with Crippen molar-refractivity contribution in [2.24, 2.45) is 10.8 Å². The first kappa shape index (κ1) is 18.4. The van der Waals surface area contributed by atoms with Gasteiger partial charge in [-0.2, -0.15) is 5.10 Å². The van der Waals surface area contributed by atoms with E-state index < -0.39 is 0 Å². The summed E-state index contributed by atoms with van der Waals surface area (Å²) in [5.74, 6) is -0.282. The van der Waals surface area contributed by atoms with Crippen LogP contribution < -0.4 is 21.0 Å². The molecule has 0 unspecified atom stereocenters. The maximum Gasteiger partial charge on any atom is 0.184 e. The second-order valence-corrected chi connectivity index (χ2v) is 6.72. The van der Waals surface area contributed by atoms with Crippen LogP contribution in [0.2, 0.25) is 5.02 Å². The fraction of sp³-hybridized carbons (Fsp3) is 0.222. The van der Waals surface area contributed by atoms with Crippen molar-refractivity contribution in [1.82, 2.24) is 5.43 Å². The molecule has 3 N–H and O–H groups in total. The van der Waals surface area contributed by atoms with Crippen LogP contribution in [0, 0.1) is 5.82 Å². The Bertz CT molecular complexity index is 821. The van der Waals surface area contributed by atoms with E-state index in [0.717, 1.165) is 36.9 Å². The third kappa shape index (κ3) is 4.42. The molecule has 0 aliphatic carbocycles. The third-order valence-corrected chi connectivity index (χ3v) is 4.58. The number of rotatable bonds is 4. The summed E-state index contributed by atoms with van der Waals surface area (Å²) in [6.07, 6.45) is 1.47. The lowest BCUT2D eigenvalue weighted by Gasteiger charge is -2.37. The Morgan fingerprint density at radius 2 is 1.77 bits per heavy atom. The highest BCUT2D eigenvalue weighted by Crippen LogP contribution is 2.28. The second-order valence-electron chi connectivity index (χ2n) is 5.87. The molecule has 136 valence electrons. The van der Waals surface area contributed by atoms with Crippen molar-refractivity contribution in [1.29, 1.82) is 0 Å². The molecule has 0 atom stereocenters. The van der Waals surface area contributed by atoms with Gasteiger partial charge in [0.25, 0.3) is 0 Å². The van der Waals surface area contributed by atoms with Crippen LogP contribution in [0.4, 0.5) is 15.8 Å². The Morgan fingerprint density at radius 3 is 2.38 bits per heavy atom. The zero-order valence-electron chi connectivity index (χ0n) is 14.0. The summed E-state index contributed by atoms with van der Waals surface area (Å²) in [6, 6.07) is 12.8. The topological polar surface area (TPSA) is 56.9 Å². The minimum Gasteiger partial charge on any atom is -0.375 e. The Kier molecular flexibility index (Phi) is 5.90. The summed E-state index contributed by atoms with van der Waals surface area (Å²) in [5.41, 5.74) is 9.97. The van der Waals surface area contributed by atoms with Crippen molar-refractivity contribution < 1.29 is 4.39 Å². The summed E-state index contributed by atoms with van der Waals surface area (Å²) in [6.45, 7) is 3.01. The lowest BCUT2D eigenvalue weighted by Crippen LogP contribution is -2.46. The highest BCUT2D eigenvalue weighted by molar-refractivity contribution is 7.80. The van der Waals surface area contributed by atoms with Crippen molar-refractivity contribution in [2.45, 2.75) is 0 Å². The molecule has 0 spiro atoms. The molecule has 1 heterocycles. The van der Waals surface area contributed by atoms with Crippen LogP contribution >= 0.6 is 23.8 Å². The summed E-state index contributed by atoms with van der Waals surface area (Å²) in [4.78, 5) is 4.26. The SMILES string of the molecule is NC(=S)NN=Cc1ccc(N2CCN(c3ccccc3Cl)CC2)c(F)c1. The first-order valence-electron chi connectivity index (χ1n) is 8.17. The molecule has 0 aromatic heterocycles. The van der Waals surface area contributed by atoms with Gasteiger partial charge >= 0.3 is 0 Å². The van der Waals surface area contributed by atoms with Crippen LogP contribution in [0.1, 0.15) is 5.56 Å². The maximum absolute atomic E-state index is 14.5. The van der Waals surface area contributed by atoms with E-state index in [0.29, 0.717) is 11.3 Å². The van der Waals surface area contributed by atoms with E-state index in [1.165, 1.54) is 12.3 Å². The van der Waals surface area contributed by atoms with E-state index in [-0.39, 0.29) is 10.9 Å². The van der Waals surface area contributed by atoms with Crippen LogP contribution in [0.5, 0.6) is 0 Å². The summed E-state index contributed by atoms with van der Waals surface area (Å²) in [5, 5.41) is 4.64.